The molecule has 164 valence electrons. The van der Waals surface area contributed by atoms with Crippen LogP contribution in [0.1, 0.15) is 29.4 Å². The van der Waals surface area contributed by atoms with Crippen LogP contribution < -0.4 is 10.9 Å². The van der Waals surface area contributed by atoms with Crippen LogP contribution >= 0.6 is 0 Å². The summed E-state index contributed by atoms with van der Waals surface area (Å²) >= 11 is 0. The highest BCUT2D eigenvalue weighted by atomic mass is 32.2. The number of benzene rings is 2. The molecule has 0 bridgehead atoms. The molecule has 1 aromatic heterocycles. The van der Waals surface area contributed by atoms with Gasteiger partial charge in [0.1, 0.15) is 0 Å². The van der Waals surface area contributed by atoms with Crippen LogP contribution in [0.3, 0.4) is 0 Å². The van der Waals surface area contributed by atoms with Crippen LogP contribution in [0.25, 0.3) is 10.8 Å². The predicted molar refractivity (Wildman–Crippen MR) is 121 cm³/mol. The van der Waals surface area contributed by atoms with Crippen molar-refractivity contribution in [1.29, 1.82) is 0 Å². The van der Waals surface area contributed by atoms with Crippen molar-refractivity contribution >= 4 is 26.7 Å². The Labute approximate surface area is 181 Å². The number of aromatic nitrogens is 2. The van der Waals surface area contributed by atoms with Crippen LogP contribution in [0.5, 0.6) is 0 Å². The molecule has 2 aromatic carbocycles. The Kier molecular flexibility index (Phi) is 7.19. The standard InChI is InChI=1S/C22H26N4O4S/c1-3-31(29,30)25(2)15-9-14-23-21(27)20-18-12-7-8-13-19(18)22(28)26(24-20)16-17-10-5-4-6-11-17/h4-8,10-13H,3,9,14-16H2,1-2H3,(H,23,27). The molecule has 0 aliphatic carbocycles. The molecule has 0 saturated heterocycles. The first-order valence-electron chi connectivity index (χ1n) is 10.1. The van der Waals surface area contributed by atoms with Gasteiger partial charge in [0.05, 0.1) is 17.7 Å². The highest BCUT2D eigenvalue weighted by molar-refractivity contribution is 7.89. The minimum absolute atomic E-state index is 0.0364. The van der Waals surface area contributed by atoms with E-state index in [4.69, 9.17) is 0 Å². The molecule has 3 rings (SSSR count). The van der Waals surface area contributed by atoms with Gasteiger partial charge in [0, 0.05) is 25.5 Å². The largest absolute Gasteiger partial charge is 0.351 e. The van der Waals surface area contributed by atoms with Gasteiger partial charge in [-0.1, -0.05) is 48.5 Å². The minimum Gasteiger partial charge on any atom is -0.351 e. The van der Waals surface area contributed by atoms with Crippen molar-refractivity contribution in [3.8, 4) is 0 Å². The number of sulfonamides is 1. The van der Waals surface area contributed by atoms with E-state index in [1.165, 1.54) is 16.0 Å². The summed E-state index contributed by atoms with van der Waals surface area (Å²) < 4.78 is 26.2. The molecule has 1 N–H and O–H groups in total. The van der Waals surface area contributed by atoms with Gasteiger partial charge < -0.3 is 5.32 Å². The maximum Gasteiger partial charge on any atom is 0.274 e. The third-order valence-corrected chi connectivity index (χ3v) is 6.89. The normalized spacial score (nSPS) is 11.7. The second kappa shape index (κ2) is 9.84. The van der Waals surface area contributed by atoms with Crippen molar-refractivity contribution in [3.05, 3.63) is 76.2 Å². The Hall–Kier alpha value is -3.04. The summed E-state index contributed by atoms with van der Waals surface area (Å²) in [6.07, 6.45) is 0.461. The van der Waals surface area contributed by atoms with Crippen molar-refractivity contribution in [1.82, 2.24) is 19.4 Å². The van der Waals surface area contributed by atoms with Crippen molar-refractivity contribution < 1.29 is 13.2 Å². The molecular weight excluding hydrogens is 416 g/mol. The van der Waals surface area contributed by atoms with Gasteiger partial charge in [0.2, 0.25) is 10.0 Å². The quantitative estimate of drug-likeness (QED) is 0.510. The van der Waals surface area contributed by atoms with E-state index in [1.54, 1.807) is 31.2 Å². The summed E-state index contributed by atoms with van der Waals surface area (Å²) in [4.78, 5) is 25.7. The SMILES string of the molecule is CCS(=O)(=O)N(C)CCCNC(=O)c1nn(Cc2ccccc2)c(=O)c2ccccc12. The van der Waals surface area contributed by atoms with Crippen molar-refractivity contribution in [2.75, 3.05) is 25.9 Å². The molecule has 0 spiro atoms. The first kappa shape index (κ1) is 22.6. The minimum atomic E-state index is -3.25. The number of amides is 1. The molecule has 0 aliphatic heterocycles. The number of rotatable bonds is 9. The van der Waals surface area contributed by atoms with Crippen LogP contribution in [0.2, 0.25) is 0 Å². The van der Waals surface area contributed by atoms with E-state index >= 15 is 0 Å². The molecule has 1 amide bonds. The summed E-state index contributed by atoms with van der Waals surface area (Å²) in [7, 11) is -1.73. The number of carbonyl (C=O) groups excluding carboxylic acids is 1. The Morgan fingerprint density at radius 1 is 1.06 bits per heavy atom. The third-order valence-electron chi connectivity index (χ3n) is 5.03. The Bertz CT molecular complexity index is 1220. The second-order valence-corrected chi connectivity index (χ2v) is 9.54. The van der Waals surface area contributed by atoms with E-state index in [0.717, 1.165) is 5.56 Å². The van der Waals surface area contributed by atoms with Gasteiger partial charge in [0.15, 0.2) is 5.69 Å². The number of nitrogens with zero attached hydrogens (tertiary/aromatic N) is 3. The second-order valence-electron chi connectivity index (χ2n) is 7.17. The Morgan fingerprint density at radius 3 is 2.39 bits per heavy atom. The van der Waals surface area contributed by atoms with E-state index in [0.29, 0.717) is 23.7 Å². The Balaban J connectivity index is 1.80. The van der Waals surface area contributed by atoms with Crippen molar-refractivity contribution in [3.63, 3.8) is 0 Å². The highest BCUT2D eigenvalue weighted by Gasteiger charge is 2.18. The Morgan fingerprint density at radius 2 is 1.71 bits per heavy atom. The van der Waals surface area contributed by atoms with E-state index in [9.17, 15) is 18.0 Å². The molecule has 3 aromatic rings. The van der Waals surface area contributed by atoms with Crippen LogP contribution in [0, 0.1) is 0 Å². The summed E-state index contributed by atoms with van der Waals surface area (Å²) in [5.74, 6) is -0.367. The predicted octanol–water partition coefficient (Wildman–Crippen LogP) is 1.85. The lowest BCUT2D eigenvalue weighted by Gasteiger charge is -2.16. The molecule has 0 unspecified atom stereocenters. The zero-order valence-corrected chi connectivity index (χ0v) is 18.4. The average molecular weight is 443 g/mol. The van der Waals surface area contributed by atoms with E-state index in [-0.39, 0.29) is 30.1 Å². The molecule has 0 saturated carbocycles. The lowest BCUT2D eigenvalue weighted by molar-refractivity contribution is 0.0947. The number of hydrogen-bond donors (Lipinski definition) is 1. The molecule has 0 fully saturated rings. The van der Waals surface area contributed by atoms with Gasteiger partial charge in [-0.15, -0.1) is 0 Å². The fourth-order valence-electron chi connectivity index (χ4n) is 3.21. The fourth-order valence-corrected chi connectivity index (χ4v) is 4.06. The van der Waals surface area contributed by atoms with E-state index in [2.05, 4.69) is 10.4 Å². The molecule has 9 heteroatoms. The third kappa shape index (κ3) is 5.36. The fraction of sp³-hybridized carbons (Fsp3) is 0.318. The smallest absolute Gasteiger partial charge is 0.274 e. The van der Waals surface area contributed by atoms with E-state index < -0.39 is 15.9 Å². The molecular formula is C22H26N4O4S. The van der Waals surface area contributed by atoms with E-state index in [1.807, 2.05) is 30.3 Å². The van der Waals surface area contributed by atoms with Gasteiger partial charge in [-0.2, -0.15) is 5.10 Å². The molecule has 0 radical (unpaired) electrons. The van der Waals surface area contributed by atoms with Crippen LogP contribution in [-0.2, 0) is 16.6 Å². The van der Waals surface area contributed by atoms with Crippen LogP contribution in [0.4, 0.5) is 0 Å². The first-order chi connectivity index (χ1) is 14.8. The number of carbonyl (C=O) groups is 1. The first-order valence-corrected chi connectivity index (χ1v) is 11.7. The molecule has 0 aliphatic rings. The zero-order valence-electron chi connectivity index (χ0n) is 17.6. The molecule has 31 heavy (non-hydrogen) atoms. The van der Waals surface area contributed by atoms with Gasteiger partial charge in [-0.05, 0) is 25.0 Å². The lowest BCUT2D eigenvalue weighted by Crippen LogP contribution is -2.34. The van der Waals surface area contributed by atoms with Crippen molar-refractivity contribution in [2.24, 2.45) is 0 Å². The van der Waals surface area contributed by atoms with Gasteiger partial charge in [0.25, 0.3) is 11.5 Å². The summed E-state index contributed by atoms with van der Waals surface area (Å²) in [5, 5.41) is 8.05. The summed E-state index contributed by atoms with van der Waals surface area (Å²) in [6.45, 7) is 2.44. The average Bonchev–Trinajstić information content (AvgIpc) is 2.79. The molecule has 0 atom stereocenters. The van der Waals surface area contributed by atoms with Crippen LogP contribution in [0.15, 0.2) is 59.4 Å². The maximum atomic E-state index is 12.9. The number of hydrogen-bond acceptors (Lipinski definition) is 5. The van der Waals surface area contributed by atoms with Gasteiger partial charge in [-0.3, -0.25) is 9.59 Å². The molecule has 1 heterocycles. The maximum absolute atomic E-state index is 12.9. The number of fused-ring (bicyclic) bond motifs is 1. The summed E-state index contributed by atoms with van der Waals surface area (Å²) in [6, 6.07) is 16.3. The van der Waals surface area contributed by atoms with Gasteiger partial charge in [-0.25, -0.2) is 17.4 Å². The highest BCUT2D eigenvalue weighted by Crippen LogP contribution is 2.14. The lowest BCUT2D eigenvalue weighted by atomic mass is 10.1. The van der Waals surface area contributed by atoms with Crippen molar-refractivity contribution in [2.45, 2.75) is 19.9 Å². The zero-order chi connectivity index (χ0) is 22.4. The number of nitrogens with one attached hydrogen (secondary N) is 1. The molecule has 8 nitrogen and oxygen atoms in total. The van der Waals surface area contributed by atoms with Gasteiger partial charge >= 0.3 is 0 Å². The summed E-state index contributed by atoms with van der Waals surface area (Å²) in [5.41, 5.74) is 0.807. The monoisotopic (exact) mass is 442 g/mol. The van der Waals surface area contributed by atoms with Crippen LogP contribution in [-0.4, -0.2) is 54.3 Å². The topological polar surface area (TPSA) is 101 Å².